The molecule has 0 atom stereocenters. The molecular weight excluding hydrogens is 220 g/mol. The first-order chi connectivity index (χ1) is 8.58. The lowest BCUT2D eigenvalue weighted by Gasteiger charge is -2.06. The highest BCUT2D eigenvalue weighted by molar-refractivity contribution is 6.00. The molecule has 0 aliphatic carbocycles. The first-order valence-electron chi connectivity index (χ1n) is 6.05. The number of aryl methyl sites for hydroxylation is 1. The van der Waals surface area contributed by atoms with Gasteiger partial charge in [-0.3, -0.25) is 4.99 Å². The lowest BCUT2D eigenvalue weighted by molar-refractivity contribution is 1.38. The molecule has 2 heteroatoms. The lowest BCUT2D eigenvalue weighted by atomic mass is 10.1. The highest BCUT2D eigenvalue weighted by Gasteiger charge is 2.02. The Hall–Kier alpha value is -2.09. The zero-order chi connectivity index (χ0) is 13.1. The van der Waals surface area contributed by atoms with E-state index in [9.17, 15) is 0 Å². The van der Waals surface area contributed by atoms with Gasteiger partial charge < -0.3 is 5.73 Å². The zero-order valence-electron chi connectivity index (χ0n) is 11.1. The Morgan fingerprint density at radius 2 is 1.67 bits per heavy atom. The molecule has 2 N–H and O–H groups in total. The second-order valence-electron chi connectivity index (χ2n) is 4.55. The third-order valence-electron chi connectivity index (χ3n) is 3.10. The topological polar surface area (TPSA) is 38.4 Å². The monoisotopic (exact) mass is 238 g/mol. The summed E-state index contributed by atoms with van der Waals surface area (Å²) in [5.74, 6) is 0. The molecule has 2 aromatic rings. The van der Waals surface area contributed by atoms with Crippen molar-refractivity contribution in [2.75, 3.05) is 5.73 Å². The molecule has 18 heavy (non-hydrogen) atoms. The van der Waals surface area contributed by atoms with E-state index in [1.165, 1.54) is 5.56 Å². The summed E-state index contributed by atoms with van der Waals surface area (Å²) in [6.07, 6.45) is 0. The van der Waals surface area contributed by atoms with E-state index < -0.39 is 0 Å². The van der Waals surface area contributed by atoms with Crippen LogP contribution in [0.25, 0.3) is 0 Å². The largest absolute Gasteiger partial charge is 0.398 e. The summed E-state index contributed by atoms with van der Waals surface area (Å²) >= 11 is 0. The van der Waals surface area contributed by atoms with Gasteiger partial charge in [0.15, 0.2) is 0 Å². The van der Waals surface area contributed by atoms with E-state index in [1.54, 1.807) is 0 Å². The van der Waals surface area contributed by atoms with Crippen LogP contribution in [0.1, 0.15) is 23.6 Å². The van der Waals surface area contributed by atoms with Crippen molar-refractivity contribution >= 4 is 17.1 Å². The molecule has 0 aromatic heterocycles. The molecule has 0 radical (unpaired) electrons. The van der Waals surface area contributed by atoms with Crippen molar-refractivity contribution < 1.29 is 0 Å². The van der Waals surface area contributed by atoms with Gasteiger partial charge in [0, 0.05) is 11.4 Å². The number of rotatable bonds is 2. The molecular formula is C16H18N2. The van der Waals surface area contributed by atoms with Gasteiger partial charge in [-0.05, 0) is 44.0 Å². The molecule has 0 unspecified atom stereocenters. The Bertz CT molecular complexity index is 581. The second-order valence-corrected chi connectivity index (χ2v) is 4.55. The third-order valence-corrected chi connectivity index (χ3v) is 3.10. The average molecular weight is 238 g/mol. The first-order valence-corrected chi connectivity index (χ1v) is 6.05. The quantitative estimate of drug-likeness (QED) is 0.622. The van der Waals surface area contributed by atoms with Gasteiger partial charge in [0.2, 0.25) is 0 Å². The van der Waals surface area contributed by atoms with Crippen molar-refractivity contribution in [2.24, 2.45) is 4.99 Å². The van der Waals surface area contributed by atoms with Crippen LogP contribution in [0.5, 0.6) is 0 Å². The lowest BCUT2D eigenvalue weighted by Crippen LogP contribution is -1.95. The summed E-state index contributed by atoms with van der Waals surface area (Å²) in [7, 11) is 0. The molecule has 92 valence electrons. The van der Waals surface area contributed by atoms with Crippen LogP contribution in [0, 0.1) is 13.8 Å². The standard InChI is InChI=1S/C16H18N2/c1-11-7-9-14(10-8-11)13(3)18-16-6-4-5-15(17)12(16)2/h4-10H,17H2,1-3H3. The molecule has 2 rings (SSSR count). The van der Waals surface area contributed by atoms with Crippen LogP contribution in [0.2, 0.25) is 0 Å². The number of benzene rings is 2. The molecule has 0 saturated carbocycles. The second kappa shape index (κ2) is 5.05. The summed E-state index contributed by atoms with van der Waals surface area (Å²) in [5, 5.41) is 0. The fourth-order valence-corrected chi connectivity index (χ4v) is 1.80. The van der Waals surface area contributed by atoms with Gasteiger partial charge in [0.05, 0.1) is 5.69 Å². The van der Waals surface area contributed by atoms with Gasteiger partial charge in [-0.2, -0.15) is 0 Å². The molecule has 0 aliphatic heterocycles. The smallest absolute Gasteiger partial charge is 0.0682 e. The van der Waals surface area contributed by atoms with Crippen molar-refractivity contribution in [3.05, 3.63) is 59.2 Å². The molecule has 0 fully saturated rings. The van der Waals surface area contributed by atoms with Gasteiger partial charge in [-0.25, -0.2) is 0 Å². The Labute approximate surface area is 108 Å². The van der Waals surface area contributed by atoms with Crippen LogP contribution in [0.4, 0.5) is 11.4 Å². The number of hydrogen-bond donors (Lipinski definition) is 1. The number of anilines is 1. The number of hydrogen-bond acceptors (Lipinski definition) is 2. The normalized spacial score (nSPS) is 11.6. The van der Waals surface area contributed by atoms with Gasteiger partial charge in [-0.15, -0.1) is 0 Å². The van der Waals surface area contributed by atoms with Crippen molar-refractivity contribution in [1.29, 1.82) is 0 Å². The van der Waals surface area contributed by atoms with E-state index in [0.717, 1.165) is 28.2 Å². The predicted octanol–water partition coefficient (Wildman–Crippen LogP) is 4.03. The van der Waals surface area contributed by atoms with Crippen LogP contribution in [-0.2, 0) is 0 Å². The maximum Gasteiger partial charge on any atom is 0.0682 e. The van der Waals surface area contributed by atoms with Crippen LogP contribution in [0.15, 0.2) is 47.5 Å². The van der Waals surface area contributed by atoms with Crippen molar-refractivity contribution in [3.8, 4) is 0 Å². The number of nitrogens with two attached hydrogens (primary N) is 1. The first kappa shape index (κ1) is 12.4. The van der Waals surface area contributed by atoms with Gasteiger partial charge in [0.1, 0.15) is 0 Å². The number of nitrogens with zero attached hydrogens (tertiary/aromatic N) is 1. The summed E-state index contributed by atoms with van der Waals surface area (Å²) < 4.78 is 0. The Morgan fingerprint density at radius 3 is 2.33 bits per heavy atom. The molecule has 2 aromatic carbocycles. The Kier molecular flexibility index (Phi) is 3.47. The van der Waals surface area contributed by atoms with Gasteiger partial charge >= 0.3 is 0 Å². The Morgan fingerprint density at radius 1 is 1.00 bits per heavy atom. The molecule has 0 saturated heterocycles. The van der Waals surface area contributed by atoms with Gasteiger partial charge in [0.25, 0.3) is 0 Å². The zero-order valence-corrected chi connectivity index (χ0v) is 11.1. The minimum atomic E-state index is 0.785. The van der Waals surface area contributed by atoms with Crippen molar-refractivity contribution in [1.82, 2.24) is 0 Å². The van der Waals surface area contributed by atoms with Crippen LogP contribution in [0.3, 0.4) is 0 Å². The van der Waals surface area contributed by atoms with Crippen LogP contribution in [-0.4, -0.2) is 5.71 Å². The summed E-state index contributed by atoms with van der Waals surface area (Å²) in [6, 6.07) is 14.2. The molecule has 0 amide bonds. The van der Waals surface area contributed by atoms with E-state index in [0.29, 0.717) is 0 Å². The molecule has 2 nitrogen and oxygen atoms in total. The SMILES string of the molecule is CC(=Nc1cccc(N)c1C)c1ccc(C)cc1. The molecule has 0 bridgehead atoms. The molecule has 0 aliphatic rings. The fourth-order valence-electron chi connectivity index (χ4n) is 1.80. The van der Waals surface area contributed by atoms with Crippen LogP contribution >= 0.6 is 0 Å². The molecule has 0 heterocycles. The molecule has 0 spiro atoms. The Balaban J connectivity index is 2.38. The van der Waals surface area contributed by atoms with Crippen molar-refractivity contribution in [3.63, 3.8) is 0 Å². The minimum Gasteiger partial charge on any atom is -0.398 e. The number of nitrogen functional groups attached to an aromatic ring is 1. The summed E-state index contributed by atoms with van der Waals surface area (Å²) in [5.41, 5.74) is 12.0. The summed E-state index contributed by atoms with van der Waals surface area (Å²) in [4.78, 5) is 4.66. The highest BCUT2D eigenvalue weighted by atomic mass is 14.8. The number of aliphatic imine (C=N–C) groups is 1. The van der Waals surface area contributed by atoms with E-state index in [-0.39, 0.29) is 0 Å². The third kappa shape index (κ3) is 2.59. The summed E-state index contributed by atoms with van der Waals surface area (Å²) in [6.45, 7) is 6.10. The van der Waals surface area contributed by atoms with Crippen molar-refractivity contribution in [2.45, 2.75) is 20.8 Å². The van der Waals surface area contributed by atoms with Gasteiger partial charge in [-0.1, -0.05) is 35.9 Å². The van der Waals surface area contributed by atoms with Crippen LogP contribution < -0.4 is 5.73 Å². The van der Waals surface area contributed by atoms with E-state index in [2.05, 4.69) is 36.2 Å². The highest BCUT2D eigenvalue weighted by Crippen LogP contribution is 2.24. The average Bonchev–Trinajstić information content (AvgIpc) is 2.36. The van der Waals surface area contributed by atoms with E-state index >= 15 is 0 Å². The fraction of sp³-hybridized carbons (Fsp3) is 0.188. The van der Waals surface area contributed by atoms with E-state index in [4.69, 9.17) is 5.73 Å². The minimum absolute atomic E-state index is 0.785. The maximum atomic E-state index is 5.89. The van der Waals surface area contributed by atoms with E-state index in [1.807, 2.05) is 32.0 Å². The maximum absolute atomic E-state index is 5.89. The predicted molar refractivity (Wildman–Crippen MR) is 78.6 cm³/mol.